The predicted molar refractivity (Wildman–Crippen MR) is 73.0 cm³/mol. The Hall–Kier alpha value is -1.86. The van der Waals surface area contributed by atoms with Crippen LogP contribution in [0.4, 0.5) is 0 Å². The van der Waals surface area contributed by atoms with Crippen LogP contribution < -0.4 is 4.74 Å². The minimum atomic E-state index is 0.635. The predicted octanol–water partition coefficient (Wildman–Crippen LogP) is 3.62. The lowest BCUT2D eigenvalue weighted by Crippen LogP contribution is -1.94. The van der Waals surface area contributed by atoms with Gasteiger partial charge >= 0.3 is 0 Å². The van der Waals surface area contributed by atoms with E-state index in [1.807, 2.05) is 26.8 Å². The van der Waals surface area contributed by atoms with Gasteiger partial charge in [0, 0.05) is 5.56 Å². The molecule has 0 unspecified atom stereocenters. The van der Waals surface area contributed by atoms with Crippen molar-refractivity contribution in [3.05, 3.63) is 33.1 Å². The van der Waals surface area contributed by atoms with Crippen molar-refractivity contribution in [2.75, 3.05) is 7.11 Å². The van der Waals surface area contributed by atoms with E-state index in [9.17, 15) is 5.26 Å². The van der Waals surface area contributed by atoms with E-state index in [1.165, 1.54) is 11.3 Å². The number of aromatic nitrogens is 1. The molecule has 0 N–H and O–H groups in total. The first-order valence-electron chi connectivity index (χ1n) is 5.60. The third-order valence-electron chi connectivity index (χ3n) is 2.71. The number of ether oxygens (including phenoxy) is 1. The molecule has 3 nitrogen and oxygen atoms in total. The molecule has 1 aromatic carbocycles. The van der Waals surface area contributed by atoms with Crippen molar-refractivity contribution in [2.45, 2.75) is 20.8 Å². The summed E-state index contributed by atoms with van der Waals surface area (Å²) in [5, 5.41) is 10.1. The summed E-state index contributed by atoms with van der Waals surface area (Å²) in [7, 11) is 1.65. The molecule has 18 heavy (non-hydrogen) atoms. The molecule has 0 spiro atoms. The van der Waals surface area contributed by atoms with Crippen molar-refractivity contribution in [1.29, 1.82) is 5.26 Å². The second-order valence-electron chi connectivity index (χ2n) is 4.19. The van der Waals surface area contributed by atoms with Gasteiger partial charge in [-0.25, -0.2) is 4.98 Å². The quantitative estimate of drug-likeness (QED) is 0.826. The van der Waals surface area contributed by atoms with Crippen molar-refractivity contribution in [2.24, 2.45) is 0 Å². The summed E-state index contributed by atoms with van der Waals surface area (Å²) in [4.78, 5) is 5.09. The molecule has 2 aromatic rings. The number of benzene rings is 1. The number of nitriles is 1. The molecule has 0 atom stereocenters. The van der Waals surface area contributed by atoms with Gasteiger partial charge in [0.1, 0.15) is 22.4 Å². The Morgan fingerprint density at radius 2 is 2.00 bits per heavy atom. The highest BCUT2D eigenvalue weighted by molar-refractivity contribution is 7.12. The number of methoxy groups -OCH3 is 1. The molecule has 0 saturated carbocycles. The highest BCUT2D eigenvalue weighted by Crippen LogP contribution is 2.36. The maximum Gasteiger partial charge on any atom is 0.133 e. The van der Waals surface area contributed by atoms with E-state index in [-0.39, 0.29) is 0 Å². The molecule has 0 radical (unpaired) electrons. The molecule has 0 amide bonds. The van der Waals surface area contributed by atoms with E-state index < -0.39 is 0 Å². The number of aryl methyl sites for hydroxylation is 3. The van der Waals surface area contributed by atoms with E-state index >= 15 is 0 Å². The molecule has 0 aliphatic carbocycles. The van der Waals surface area contributed by atoms with Crippen LogP contribution in [0, 0.1) is 32.1 Å². The van der Waals surface area contributed by atoms with Crippen molar-refractivity contribution < 1.29 is 4.74 Å². The Balaban J connectivity index is 2.74. The number of rotatable bonds is 2. The summed E-state index contributed by atoms with van der Waals surface area (Å²) < 4.78 is 5.45. The second kappa shape index (κ2) is 4.79. The fourth-order valence-corrected chi connectivity index (χ4v) is 2.82. The topological polar surface area (TPSA) is 45.9 Å². The smallest absolute Gasteiger partial charge is 0.133 e. The molecule has 92 valence electrons. The third kappa shape index (κ3) is 2.09. The van der Waals surface area contributed by atoms with Crippen molar-refractivity contribution in [3.63, 3.8) is 0 Å². The maximum absolute atomic E-state index is 9.17. The summed E-state index contributed by atoms with van der Waals surface area (Å²) in [5.74, 6) is 0.794. The maximum atomic E-state index is 9.17. The fraction of sp³-hybridized carbons (Fsp3) is 0.286. The van der Waals surface area contributed by atoms with Crippen molar-refractivity contribution in [3.8, 4) is 23.1 Å². The van der Waals surface area contributed by atoms with Crippen LogP contribution in [-0.2, 0) is 0 Å². The van der Waals surface area contributed by atoms with Gasteiger partial charge in [-0.05, 0) is 38.0 Å². The van der Waals surface area contributed by atoms with Gasteiger partial charge in [-0.3, -0.25) is 0 Å². The minimum absolute atomic E-state index is 0.635. The first kappa shape index (κ1) is 12.6. The lowest BCUT2D eigenvalue weighted by atomic mass is 10.0. The van der Waals surface area contributed by atoms with Gasteiger partial charge in [-0.15, -0.1) is 11.3 Å². The Bertz CT molecular complexity index is 638. The number of hydrogen-bond donors (Lipinski definition) is 0. The zero-order valence-electron chi connectivity index (χ0n) is 10.9. The molecule has 0 saturated heterocycles. The molecule has 2 rings (SSSR count). The normalized spacial score (nSPS) is 10.2. The molecular formula is C14H14N2OS. The minimum Gasteiger partial charge on any atom is -0.496 e. The Labute approximate surface area is 111 Å². The molecule has 0 bridgehead atoms. The lowest BCUT2D eigenvalue weighted by molar-refractivity contribution is 0.413. The molecule has 0 aliphatic heterocycles. The van der Waals surface area contributed by atoms with Gasteiger partial charge in [-0.1, -0.05) is 6.07 Å². The van der Waals surface area contributed by atoms with Crippen LogP contribution in [0.5, 0.6) is 5.75 Å². The van der Waals surface area contributed by atoms with Gasteiger partial charge in [-0.2, -0.15) is 5.26 Å². The highest BCUT2D eigenvalue weighted by Gasteiger charge is 2.17. The number of hydrogen-bond acceptors (Lipinski definition) is 4. The summed E-state index contributed by atoms with van der Waals surface area (Å²) in [6.45, 7) is 5.94. The van der Waals surface area contributed by atoms with E-state index in [2.05, 4.69) is 17.1 Å². The Morgan fingerprint density at radius 1 is 1.28 bits per heavy atom. The van der Waals surface area contributed by atoms with Gasteiger partial charge in [0.15, 0.2) is 0 Å². The first-order valence-corrected chi connectivity index (χ1v) is 6.41. The van der Waals surface area contributed by atoms with Crippen LogP contribution in [0.2, 0.25) is 0 Å². The average Bonchev–Trinajstić information content (AvgIpc) is 2.69. The van der Waals surface area contributed by atoms with Crippen molar-refractivity contribution in [1.82, 2.24) is 4.98 Å². The Morgan fingerprint density at radius 3 is 2.61 bits per heavy atom. The molecule has 0 fully saturated rings. The van der Waals surface area contributed by atoms with Crippen LogP contribution in [0.25, 0.3) is 11.3 Å². The van der Waals surface area contributed by atoms with E-state index in [1.54, 1.807) is 7.11 Å². The van der Waals surface area contributed by atoms with Gasteiger partial charge in [0.25, 0.3) is 0 Å². The van der Waals surface area contributed by atoms with Gasteiger partial charge < -0.3 is 4.74 Å². The van der Waals surface area contributed by atoms with Gasteiger partial charge in [0.2, 0.25) is 0 Å². The van der Waals surface area contributed by atoms with E-state index in [4.69, 9.17) is 4.74 Å². The second-order valence-corrected chi connectivity index (χ2v) is 5.39. The summed E-state index contributed by atoms with van der Waals surface area (Å²) >= 11 is 1.41. The van der Waals surface area contributed by atoms with Crippen molar-refractivity contribution >= 4 is 11.3 Å². The average molecular weight is 258 g/mol. The standard InChI is InChI=1S/C14H14N2OS/c1-8-5-9(2)14(17-4)11(6-8)13-12(7-15)18-10(3)16-13/h5-6H,1-4H3. The summed E-state index contributed by atoms with van der Waals surface area (Å²) in [6, 6.07) is 6.28. The lowest BCUT2D eigenvalue weighted by Gasteiger charge is -2.11. The monoisotopic (exact) mass is 258 g/mol. The third-order valence-corrected chi connectivity index (χ3v) is 3.59. The molecular weight excluding hydrogens is 244 g/mol. The van der Waals surface area contributed by atoms with Crippen LogP contribution in [0.15, 0.2) is 12.1 Å². The van der Waals surface area contributed by atoms with Crippen LogP contribution in [-0.4, -0.2) is 12.1 Å². The zero-order valence-corrected chi connectivity index (χ0v) is 11.7. The Kier molecular flexibility index (Phi) is 3.35. The molecule has 0 aliphatic rings. The molecule has 4 heteroatoms. The number of nitrogens with zero attached hydrogens (tertiary/aromatic N) is 2. The SMILES string of the molecule is COc1c(C)cc(C)cc1-c1nc(C)sc1C#N. The van der Waals surface area contributed by atoms with Crippen LogP contribution in [0.3, 0.4) is 0 Å². The van der Waals surface area contributed by atoms with Crippen LogP contribution >= 0.6 is 11.3 Å². The first-order chi connectivity index (χ1) is 8.56. The molecule has 1 aromatic heterocycles. The fourth-order valence-electron chi connectivity index (χ4n) is 2.09. The number of thiazole rings is 1. The van der Waals surface area contributed by atoms with E-state index in [0.717, 1.165) is 33.1 Å². The van der Waals surface area contributed by atoms with Gasteiger partial charge in [0.05, 0.1) is 12.1 Å². The largest absolute Gasteiger partial charge is 0.496 e. The van der Waals surface area contributed by atoms with E-state index in [0.29, 0.717) is 4.88 Å². The zero-order chi connectivity index (χ0) is 13.3. The van der Waals surface area contributed by atoms with Crippen LogP contribution in [0.1, 0.15) is 21.0 Å². The summed E-state index contributed by atoms with van der Waals surface area (Å²) in [5.41, 5.74) is 3.82. The molecule has 1 heterocycles. The summed E-state index contributed by atoms with van der Waals surface area (Å²) in [6.07, 6.45) is 0. The highest BCUT2D eigenvalue weighted by atomic mass is 32.1.